The molecule has 0 spiro atoms. The first-order valence-corrected chi connectivity index (χ1v) is 8.03. The third-order valence-corrected chi connectivity index (χ3v) is 4.66. The van der Waals surface area contributed by atoms with Crippen LogP contribution in [-0.2, 0) is 5.75 Å². The van der Waals surface area contributed by atoms with Gasteiger partial charge in [-0.15, -0.1) is 11.3 Å². The highest BCUT2D eigenvalue weighted by molar-refractivity contribution is 7.98. The Labute approximate surface area is 128 Å². The SMILES string of the molecule is Cc1nc(C)c(C(=O)O)c(SCc2cn3ccsc3n2)n1. The van der Waals surface area contributed by atoms with Gasteiger partial charge in [0.05, 0.1) is 11.4 Å². The summed E-state index contributed by atoms with van der Waals surface area (Å²) >= 11 is 2.94. The summed E-state index contributed by atoms with van der Waals surface area (Å²) in [5.41, 5.74) is 1.56. The van der Waals surface area contributed by atoms with Gasteiger partial charge in [0.25, 0.3) is 0 Å². The Kier molecular flexibility index (Phi) is 3.64. The number of aromatic nitrogens is 4. The molecule has 0 aromatic carbocycles. The van der Waals surface area contributed by atoms with Gasteiger partial charge in [-0.3, -0.25) is 4.40 Å². The molecule has 0 amide bonds. The summed E-state index contributed by atoms with van der Waals surface area (Å²) in [6.45, 7) is 3.45. The molecule has 0 saturated carbocycles. The molecule has 0 aliphatic carbocycles. The quantitative estimate of drug-likeness (QED) is 0.588. The molecule has 1 N–H and O–H groups in total. The van der Waals surface area contributed by atoms with Crippen molar-refractivity contribution in [1.29, 1.82) is 0 Å². The van der Waals surface area contributed by atoms with Crippen LogP contribution in [0.1, 0.15) is 27.6 Å². The van der Waals surface area contributed by atoms with E-state index in [0.29, 0.717) is 22.3 Å². The second-order valence-electron chi connectivity index (χ2n) is 4.46. The number of thioether (sulfide) groups is 1. The Morgan fingerprint density at radius 3 is 2.90 bits per heavy atom. The van der Waals surface area contributed by atoms with E-state index in [9.17, 15) is 9.90 Å². The normalized spacial score (nSPS) is 11.1. The van der Waals surface area contributed by atoms with E-state index in [1.165, 1.54) is 11.8 Å². The van der Waals surface area contributed by atoms with Crippen molar-refractivity contribution >= 4 is 34.0 Å². The number of rotatable bonds is 4. The summed E-state index contributed by atoms with van der Waals surface area (Å²) in [4.78, 5) is 25.1. The number of hydrogen-bond acceptors (Lipinski definition) is 6. The summed E-state index contributed by atoms with van der Waals surface area (Å²) in [5.74, 6) is 0.150. The molecule has 0 bridgehead atoms. The predicted octanol–water partition coefficient (Wildman–Crippen LogP) is 2.79. The fraction of sp³-hybridized carbons (Fsp3) is 0.231. The Morgan fingerprint density at radius 1 is 1.38 bits per heavy atom. The summed E-state index contributed by atoms with van der Waals surface area (Å²) in [6, 6.07) is 0. The van der Waals surface area contributed by atoms with Crippen molar-refractivity contribution < 1.29 is 9.90 Å². The summed E-state index contributed by atoms with van der Waals surface area (Å²) in [7, 11) is 0. The highest BCUT2D eigenvalue weighted by Crippen LogP contribution is 2.26. The second kappa shape index (κ2) is 5.45. The first-order chi connectivity index (χ1) is 10.0. The van der Waals surface area contributed by atoms with E-state index >= 15 is 0 Å². The van der Waals surface area contributed by atoms with Crippen LogP contribution in [0.4, 0.5) is 0 Å². The van der Waals surface area contributed by atoms with Crippen molar-refractivity contribution in [3.63, 3.8) is 0 Å². The van der Waals surface area contributed by atoms with Gasteiger partial charge in [0.1, 0.15) is 16.4 Å². The zero-order chi connectivity index (χ0) is 15.0. The first-order valence-electron chi connectivity index (χ1n) is 6.17. The molecule has 6 nitrogen and oxygen atoms in total. The zero-order valence-electron chi connectivity index (χ0n) is 11.4. The van der Waals surface area contributed by atoms with Crippen molar-refractivity contribution in [3.8, 4) is 0 Å². The number of carbonyl (C=O) groups is 1. The minimum absolute atomic E-state index is 0.173. The monoisotopic (exact) mass is 320 g/mol. The van der Waals surface area contributed by atoms with Gasteiger partial charge in [-0.1, -0.05) is 11.8 Å². The molecule has 0 aliphatic rings. The van der Waals surface area contributed by atoms with Crippen LogP contribution in [-0.4, -0.2) is 30.4 Å². The fourth-order valence-corrected chi connectivity index (χ4v) is 3.74. The highest BCUT2D eigenvalue weighted by Gasteiger charge is 2.18. The number of aryl methyl sites for hydroxylation is 2. The topological polar surface area (TPSA) is 80.4 Å². The number of hydrogen-bond donors (Lipinski definition) is 1. The number of nitrogens with zero attached hydrogens (tertiary/aromatic N) is 4. The van der Waals surface area contributed by atoms with Crippen molar-refractivity contribution in [3.05, 3.63) is 40.5 Å². The van der Waals surface area contributed by atoms with E-state index in [4.69, 9.17) is 0 Å². The van der Waals surface area contributed by atoms with E-state index in [0.717, 1.165) is 10.7 Å². The molecule has 8 heteroatoms. The smallest absolute Gasteiger partial charge is 0.340 e. The van der Waals surface area contributed by atoms with E-state index in [-0.39, 0.29) is 5.56 Å². The van der Waals surface area contributed by atoms with Gasteiger partial charge in [-0.25, -0.2) is 19.7 Å². The van der Waals surface area contributed by atoms with E-state index in [1.54, 1.807) is 25.2 Å². The lowest BCUT2D eigenvalue weighted by Crippen LogP contribution is -2.08. The molecule has 0 fully saturated rings. The van der Waals surface area contributed by atoms with Gasteiger partial charge in [-0.05, 0) is 13.8 Å². The van der Waals surface area contributed by atoms with Crippen LogP contribution in [0.25, 0.3) is 4.96 Å². The Morgan fingerprint density at radius 2 is 2.19 bits per heavy atom. The van der Waals surface area contributed by atoms with E-state index in [1.807, 2.05) is 22.2 Å². The van der Waals surface area contributed by atoms with Gasteiger partial charge in [0.2, 0.25) is 0 Å². The molecule has 3 aromatic heterocycles. The molecule has 3 heterocycles. The van der Waals surface area contributed by atoms with Crippen LogP contribution in [0.2, 0.25) is 0 Å². The van der Waals surface area contributed by atoms with Crippen LogP contribution in [0.15, 0.2) is 22.8 Å². The third kappa shape index (κ3) is 2.77. The molecule has 0 saturated heterocycles. The molecular formula is C13H12N4O2S2. The maximum Gasteiger partial charge on any atom is 0.340 e. The standard InChI is InChI=1S/C13H12N4O2S2/c1-7-10(12(18)19)11(15-8(2)14-7)21-6-9-5-17-3-4-20-13(17)16-9/h3-5H,6H2,1-2H3,(H,18,19). The molecule has 21 heavy (non-hydrogen) atoms. The Hall–Kier alpha value is -1.93. The minimum Gasteiger partial charge on any atom is -0.478 e. The lowest BCUT2D eigenvalue weighted by Gasteiger charge is -2.07. The third-order valence-electron chi connectivity index (χ3n) is 2.88. The predicted molar refractivity (Wildman–Crippen MR) is 81.1 cm³/mol. The summed E-state index contributed by atoms with van der Waals surface area (Å²) in [5, 5.41) is 11.8. The molecule has 0 unspecified atom stereocenters. The van der Waals surface area contributed by atoms with E-state index in [2.05, 4.69) is 15.0 Å². The van der Waals surface area contributed by atoms with Crippen LogP contribution in [0, 0.1) is 13.8 Å². The molecule has 3 aromatic rings. The average molecular weight is 320 g/mol. The highest BCUT2D eigenvalue weighted by atomic mass is 32.2. The fourth-order valence-electron chi connectivity index (χ4n) is 2.02. The van der Waals surface area contributed by atoms with Gasteiger partial charge in [-0.2, -0.15) is 0 Å². The summed E-state index contributed by atoms with van der Waals surface area (Å²) in [6.07, 6.45) is 3.89. The van der Waals surface area contributed by atoms with Gasteiger partial charge < -0.3 is 5.11 Å². The number of fused-ring (bicyclic) bond motifs is 1. The number of carboxylic acids is 1. The van der Waals surface area contributed by atoms with Crippen molar-refractivity contribution in [1.82, 2.24) is 19.4 Å². The maximum atomic E-state index is 11.4. The Bertz CT molecular complexity index is 796. The Balaban J connectivity index is 1.87. The number of aromatic carboxylic acids is 1. The first kappa shape index (κ1) is 14.0. The number of carboxylic acid groups (broad SMARTS) is 1. The van der Waals surface area contributed by atoms with E-state index < -0.39 is 5.97 Å². The zero-order valence-corrected chi connectivity index (χ0v) is 13.0. The summed E-state index contributed by atoms with van der Waals surface area (Å²) < 4.78 is 1.95. The van der Waals surface area contributed by atoms with Crippen LogP contribution < -0.4 is 0 Å². The van der Waals surface area contributed by atoms with Crippen molar-refractivity contribution in [2.75, 3.05) is 0 Å². The lowest BCUT2D eigenvalue weighted by molar-refractivity contribution is 0.0690. The van der Waals surface area contributed by atoms with Crippen molar-refractivity contribution in [2.45, 2.75) is 24.6 Å². The largest absolute Gasteiger partial charge is 0.478 e. The molecule has 0 atom stereocenters. The molecule has 0 aliphatic heterocycles. The van der Waals surface area contributed by atoms with Crippen LogP contribution in [0.3, 0.4) is 0 Å². The molecule has 0 radical (unpaired) electrons. The van der Waals surface area contributed by atoms with Gasteiger partial charge >= 0.3 is 5.97 Å². The molecule has 3 rings (SSSR count). The van der Waals surface area contributed by atoms with Crippen LogP contribution >= 0.6 is 23.1 Å². The molecular weight excluding hydrogens is 308 g/mol. The number of thiazole rings is 1. The lowest BCUT2D eigenvalue weighted by atomic mass is 10.2. The number of imidazole rings is 1. The van der Waals surface area contributed by atoms with Crippen LogP contribution in [0.5, 0.6) is 0 Å². The van der Waals surface area contributed by atoms with Gasteiger partial charge in [0.15, 0.2) is 4.96 Å². The van der Waals surface area contributed by atoms with Gasteiger partial charge in [0, 0.05) is 23.5 Å². The molecule has 108 valence electrons. The maximum absolute atomic E-state index is 11.4. The van der Waals surface area contributed by atoms with Crippen molar-refractivity contribution in [2.24, 2.45) is 0 Å². The minimum atomic E-state index is -0.999. The second-order valence-corrected chi connectivity index (χ2v) is 6.29. The average Bonchev–Trinajstić information content (AvgIpc) is 2.95.